The van der Waals surface area contributed by atoms with E-state index in [1.807, 2.05) is 0 Å². The normalized spacial score (nSPS) is 18.7. The Morgan fingerprint density at radius 1 is 1.31 bits per heavy atom. The maximum absolute atomic E-state index is 12.8. The van der Waals surface area contributed by atoms with Gasteiger partial charge < -0.3 is 0 Å². The first-order valence-electron chi connectivity index (χ1n) is 3.40. The molecule has 0 unspecified atom stereocenters. The van der Waals surface area contributed by atoms with Crippen molar-refractivity contribution in [1.29, 1.82) is 0 Å². The van der Waals surface area contributed by atoms with Crippen LogP contribution >= 0.6 is 11.6 Å². The lowest BCUT2D eigenvalue weighted by Crippen LogP contribution is -2.11. The van der Waals surface area contributed by atoms with E-state index in [-0.39, 0.29) is 5.03 Å². The summed E-state index contributed by atoms with van der Waals surface area (Å²) < 4.78 is 49.1. The van der Waals surface area contributed by atoms with Gasteiger partial charge >= 0.3 is 6.18 Å². The summed E-state index contributed by atoms with van der Waals surface area (Å²) in [5, 5.41) is 0.0491. The number of hydrogen-bond donors (Lipinski definition) is 0. The third kappa shape index (κ3) is 2.59. The molecule has 0 amide bonds. The predicted octanol–water partition coefficient (Wildman–Crippen LogP) is 3.85. The van der Waals surface area contributed by atoms with E-state index in [1.165, 1.54) is 6.08 Å². The molecule has 0 radical (unpaired) electrons. The first-order chi connectivity index (χ1) is 5.91. The quantitative estimate of drug-likeness (QED) is 0.535. The topological polar surface area (TPSA) is 0 Å². The van der Waals surface area contributed by atoms with E-state index in [4.69, 9.17) is 11.6 Å². The lowest BCUT2D eigenvalue weighted by Gasteiger charge is -2.07. The average molecular weight is 213 g/mol. The molecule has 1 aliphatic carbocycles. The highest BCUT2D eigenvalue weighted by Crippen LogP contribution is 2.34. The van der Waals surface area contributed by atoms with Crippen molar-refractivity contribution >= 4 is 11.6 Å². The van der Waals surface area contributed by atoms with Gasteiger partial charge in [-0.15, -0.1) is 0 Å². The second-order valence-electron chi connectivity index (χ2n) is 2.47. The fourth-order valence-electron chi connectivity index (χ4n) is 0.890. The third-order valence-electron chi connectivity index (χ3n) is 1.46. The van der Waals surface area contributed by atoms with Gasteiger partial charge in [0.15, 0.2) is 0 Å². The maximum Gasteiger partial charge on any atom is 0.418 e. The molecular formula is C8H5ClF4. The second kappa shape index (κ2) is 3.54. The Morgan fingerprint density at radius 3 is 2.46 bits per heavy atom. The molecule has 0 aromatic carbocycles. The van der Waals surface area contributed by atoms with Crippen molar-refractivity contribution in [3.05, 3.63) is 34.7 Å². The van der Waals surface area contributed by atoms with Crippen molar-refractivity contribution in [1.82, 2.24) is 0 Å². The molecule has 13 heavy (non-hydrogen) atoms. The van der Waals surface area contributed by atoms with E-state index < -0.39 is 24.0 Å². The monoisotopic (exact) mass is 212 g/mol. The Morgan fingerprint density at radius 2 is 1.92 bits per heavy atom. The van der Waals surface area contributed by atoms with Crippen LogP contribution in [0.15, 0.2) is 34.7 Å². The molecular weight excluding hydrogens is 208 g/mol. The second-order valence-corrected chi connectivity index (χ2v) is 2.95. The first kappa shape index (κ1) is 10.3. The molecule has 0 aromatic heterocycles. The van der Waals surface area contributed by atoms with Crippen LogP contribution in [-0.4, -0.2) is 6.18 Å². The Labute approximate surface area is 77.2 Å². The van der Waals surface area contributed by atoms with Crippen LogP contribution in [0, 0.1) is 0 Å². The lowest BCUT2D eigenvalue weighted by atomic mass is 10.2. The van der Waals surface area contributed by atoms with Crippen LogP contribution in [0.1, 0.15) is 6.42 Å². The van der Waals surface area contributed by atoms with Crippen LogP contribution in [0.5, 0.6) is 0 Å². The minimum Gasteiger partial charge on any atom is -0.211 e. The molecule has 0 atom stereocenters. The molecule has 0 heterocycles. The SMILES string of the molecule is FC1=C(C(F)(F)F)C=CC=C(Cl)C1. The number of rotatable bonds is 0. The highest BCUT2D eigenvalue weighted by Gasteiger charge is 2.35. The van der Waals surface area contributed by atoms with Gasteiger partial charge in [-0.25, -0.2) is 4.39 Å². The molecule has 0 aliphatic heterocycles. The first-order valence-corrected chi connectivity index (χ1v) is 3.77. The highest BCUT2D eigenvalue weighted by molar-refractivity contribution is 6.29. The van der Waals surface area contributed by atoms with E-state index in [2.05, 4.69) is 0 Å². The Hall–Kier alpha value is -0.770. The number of alkyl halides is 3. The third-order valence-corrected chi connectivity index (χ3v) is 1.72. The number of halogens is 5. The Bertz CT molecular complexity index is 296. The summed E-state index contributed by atoms with van der Waals surface area (Å²) in [6.07, 6.45) is -2.17. The molecule has 0 nitrogen and oxygen atoms in total. The average Bonchev–Trinajstić information content (AvgIpc) is 2.08. The standard InChI is InChI=1S/C8H5ClF4/c9-5-2-1-3-6(7(10)4-5)8(11,12)13/h1-3H,4H2. The molecule has 72 valence electrons. The van der Waals surface area contributed by atoms with Gasteiger partial charge in [-0.3, -0.25) is 0 Å². The van der Waals surface area contributed by atoms with E-state index in [1.54, 1.807) is 0 Å². The van der Waals surface area contributed by atoms with Crippen LogP contribution in [0.4, 0.5) is 17.6 Å². The zero-order valence-corrected chi connectivity index (χ0v) is 7.08. The van der Waals surface area contributed by atoms with Crippen molar-refractivity contribution in [2.75, 3.05) is 0 Å². The summed E-state index contributed by atoms with van der Waals surface area (Å²) in [5.41, 5.74) is -1.26. The number of hydrogen-bond acceptors (Lipinski definition) is 0. The van der Waals surface area contributed by atoms with Gasteiger partial charge in [-0.2, -0.15) is 13.2 Å². The van der Waals surface area contributed by atoms with Crippen LogP contribution in [0.25, 0.3) is 0 Å². The predicted molar refractivity (Wildman–Crippen MR) is 41.9 cm³/mol. The number of allylic oxidation sites excluding steroid dienone is 6. The molecule has 0 bridgehead atoms. The minimum atomic E-state index is -4.66. The summed E-state index contributed by atoms with van der Waals surface area (Å²) in [4.78, 5) is 0. The molecule has 1 rings (SSSR count). The molecule has 0 N–H and O–H groups in total. The highest BCUT2D eigenvalue weighted by atomic mass is 35.5. The smallest absolute Gasteiger partial charge is 0.211 e. The zero-order valence-electron chi connectivity index (χ0n) is 6.33. The van der Waals surface area contributed by atoms with E-state index in [0.29, 0.717) is 6.08 Å². The molecule has 0 aromatic rings. The van der Waals surface area contributed by atoms with Gasteiger partial charge in [0, 0.05) is 11.5 Å². The van der Waals surface area contributed by atoms with Gasteiger partial charge in [0.1, 0.15) is 5.83 Å². The van der Waals surface area contributed by atoms with Gasteiger partial charge in [-0.05, 0) is 12.2 Å². The van der Waals surface area contributed by atoms with Crippen molar-refractivity contribution in [2.45, 2.75) is 12.6 Å². The van der Waals surface area contributed by atoms with Gasteiger partial charge in [0.2, 0.25) is 0 Å². The van der Waals surface area contributed by atoms with Gasteiger partial charge in [0.05, 0.1) is 5.57 Å². The van der Waals surface area contributed by atoms with Crippen LogP contribution < -0.4 is 0 Å². The van der Waals surface area contributed by atoms with Crippen LogP contribution in [-0.2, 0) is 0 Å². The summed E-state index contributed by atoms with van der Waals surface area (Å²) >= 11 is 5.40. The summed E-state index contributed by atoms with van der Waals surface area (Å²) in [6.45, 7) is 0. The summed E-state index contributed by atoms with van der Waals surface area (Å²) in [5.74, 6) is -1.25. The van der Waals surface area contributed by atoms with E-state index in [0.717, 1.165) is 6.08 Å². The van der Waals surface area contributed by atoms with Crippen molar-refractivity contribution in [3.8, 4) is 0 Å². The molecule has 5 heteroatoms. The Kier molecular flexibility index (Phi) is 2.81. The van der Waals surface area contributed by atoms with Crippen LogP contribution in [0.2, 0.25) is 0 Å². The van der Waals surface area contributed by atoms with E-state index in [9.17, 15) is 17.6 Å². The maximum atomic E-state index is 12.8. The van der Waals surface area contributed by atoms with Crippen molar-refractivity contribution in [2.24, 2.45) is 0 Å². The lowest BCUT2D eigenvalue weighted by molar-refractivity contribution is -0.0900. The zero-order chi connectivity index (χ0) is 10.1. The van der Waals surface area contributed by atoms with Crippen molar-refractivity contribution < 1.29 is 17.6 Å². The van der Waals surface area contributed by atoms with Crippen molar-refractivity contribution in [3.63, 3.8) is 0 Å². The van der Waals surface area contributed by atoms with Crippen LogP contribution in [0.3, 0.4) is 0 Å². The van der Waals surface area contributed by atoms with E-state index >= 15 is 0 Å². The molecule has 1 aliphatic rings. The molecule has 0 spiro atoms. The van der Waals surface area contributed by atoms with Gasteiger partial charge in [0.25, 0.3) is 0 Å². The molecule has 0 saturated heterocycles. The Balaban J connectivity index is 3.05. The van der Waals surface area contributed by atoms with Gasteiger partial charge in [-0.1, -0.05) is 17.7 Å². The summed E-state index contributed by atoms with van der Waals surface area (Å²) in [6, 6.07) is 0. The fraction of sp³-hybridized carbons (Fsp3) is 0.250. The molecule has 0 saturated carbocycles. The largest absolute Gasteiger partial charge is 0.418 e. The minimum absolute atomic E-state index is 0.0491. The fourth-order valence-corrected chi connectivity index (χ4v) is 1.08. The molecule has 0 fully saturated rings. The summed E-state index contributed by atoms with van der Waals surface area (Å²) in [7, 11) is 0.